The Balaban J connectivity index is 2.74. The molecular formula is C12H25NO3S. The van der Waals surface area contributed by atoms with Crippen molar-refractivity contribution in [3.05, 3.63) is 0 Å². The van der Waals surface area contributed by atoms with Crippen LogP contribution in [-0.2, 0) is 10.0 Å². The number of sulfonamides is 1. The van der Waals surface area contributed by atoms with E-state index < -0.39 is 10.0 Å². The molecule has 17 heavy (non-hydrogen) atoms. The van der Waals surface area contributed by atoms with Gasteiger partial charge in [-0.1, -0.05) is 20.3 Å². The van der Waals surface area contributed by atoms with Gasteiger partial charge in [-0.3, -0.25) is 0 Å². The summed E-state index contributed by atoms with van der Waals surface area (Å²) in [7, 11) is -3.16. The third kappa shape index (κ3) is 3.93. The van der Waals surface area contributed by atoms with Crippen molar-refractivity contribution in [3.63, 3.8) is 0 Å². The molecule has 1 saturated heterocycles. The molecule has 4 nitrogen and oxygen atoms in total. The van der Waals surface area contributed by atoms with Gasteiger partial charge in [-0.15, -0.1) is 0 Å². The topological polar surface area (TPSA) is 57.6 Å². The van der Waals surface area contributed by atoms with Crippen molar-refractivity contribution in [1.29, 1.82) is 0 Å². The molecule has 1 fully saturated rings. The lowest BCUT2D eigenvalue weighted by atomic mass is 9.96. The molecule has 0 saturated carbocycles. The normalized spacial score (nSPS) is 29.2. The van der Waals surface area contributed by atoms with Crippen LogP contribution in [0.2, 0.25) is 0 Å². The summed E-state index contributed by atoms with van der Waals surface area (Å²) in [6.45, 7) is 6.51. The first-order valence-electron chi connectivity index (χ1n) is 6.51. The molecule has 1 rings (SSSR count). The Morgan fingerprint density at radius 2 is 2.06 bits per heavy atom. The molecule has 0 aromatic carbocycles. The molecule has 1 N–H and O–H groups in total. The Labute approximate surface area is 105 Å². The van der Waals surface area contributed by atoms with Gasteiger partial charge in [0.05, 0.1) is 5.75 Å². The van der Waals surface area contributed by atoms with Gasteiger partial charge in [0.15, 0.2) is 0 Å². The van der Waals surface area contributed by atoms with Crippen LogP contribution in [0.1, 0.15) is 40.0 Å². The third-order valence-electron chi connectivity index (χ3n) is 3.73. The van der Waals surface area contributed by atoms with E-state index in [4.69, 9.17) is 5.11 Å². The van der Waals surface area contributed by atoms with Gasteiger partial charge in [-0.25, -0.2) is 8.42 Å². The highest BCUT2D eigenvalue weighted by Crippen LogP contribution is 2.25. The SMILES string of the molecule is CCC(C)CS(=O)(=O)N1CC(CO)CCC1C. The summed E-state index contributed by atoms with van der Waals surface area (Å²) < 4.78 is 26.1. The van der Waals surface area contributed by atoms with Crippen molar-refractivity contribution in [2.75, 3.05) is 18.9 Å². The molecule has 3 unspecified atom stereocenters. The summed E-state index contributed by atoms with van der Waals surface area (Å²) in [5.74, 6) is 0.533. The van der Waals surface area contributed by atoms with E-state index >= 15 is 0 Å². The summed E-state index contributed by atoms with van der Waals surface area (Å²) in [6.07, 6.45) is 2.66. The van der Waals surface area contributed by atoms with E-state index in [1.807, 2.05) is 20.8 Å². The van der Waals surface area contributed by atoms with Crippen molar-refractivity contribution in [2.45, 2.75) is 46.1 Å². The number of hydrogen-bond donors (Lipinski definition) is 1. The third-order valence-corrected chi connectivity index (χ3v) is 5.94. The van der Waals surface area contributed by atoms with Gasteiger partial charge in [0.25, 0.3) is 0 Å². The van der Waals surface area contributed by atoms with E-state index in [-0.39, 0.29) is 30.2 Å². The number of aliphatic hydroxyl groups is 1. The summed E-state index contributed by atoms with van der Waals surface area (Å²) in [5, 5.41) is 9.17. The van der Waals surface area contributed by atoms with Gasteiger partial charge >= 0.3 is 0 Å². The average molecular weight is 263 g/mol. The van der Waals surface area contributed by atoms with Crippen molar-refractivity contribution in [3.8, 4) is 0 Å². The first kappa shape index (κ1) is 14.9. The number of rotatable bonds is 5. The van der Waals surface area contributed by atoms with Gasteiger partial charge in [0.2, 0.25) is 10.0 Å². The van der Waals surface area contributed by atoms with E-state index in [9.17, 15) is 8.42 Å². The summed E-state index contributed by atoms with van der Waals surface area (Å²) in [6, 6.07) is 0.0758. The largest absolute Gasteiger partial charge is 0.396 e. The van der Waals surface area contributed by atoms with Crippen molar-refractivity contribution < 1.29 is 13.5 Å². The maximum atomic E-state index is 12.3. The Kier molecular flexibility index (Phi) is 5.41. The van der Waals surface area contributed by atoms with Gasteiger partial charge in [0.1, 0.15) is 0 Å². The van der Waals surface area contributed by atoms with Crippen LogP contribution in [0.15, 0.2) is 0 Å². The zero-order valence-corrected chi connectivity index (χ0v) is 11.9. The van der Waals surface area contributed by atoms with E-state index in [2.05, 4.69) is 0 Å². The molecule has 1 heterocycles. The minimum absolute atomic E-state index is 0.0758. The van der Waals surface area contributed by atoms with Crippen molar-refractivity contribution >= 4 is 10.0 Å². The lowest BCUT2D eigenvalue weighted by Gasteiger charge is -2.36. The molecule has 0 amide bonds. The Morgan fingerprint density at radius 3 is 2.59 bits per heavy atom. The second kappa shape index (κ2) is 6.16. The van der Waals surface area contributed by atoms with Crippen LogP contribution >= 0.6 is 0 Å². The fraction of sp³-hybridized carbons (Fsp3) is 1.00. The standard InChI is InChI=1S/C12H25NO3S/c1-4-10(2)9-17(15,16)13-7-12(8-14)6-5-11(13)3/h10-12,14H,4-9H2,1-3H3. The highest BCUT2D eigenvalue weighted by molar-refractivity contribution is 7.89. The number of piperidine rings is 1. The van der Waals surface area contributed by atoms with Crippen molar-refractivity contribution in [2.24, 2.45) is 11.8 Å². The summed E-state index contributed by atoms with van der Waals surface area (Å²) >= 11 is 0. The van der Waals surface area contributed by atoms with E-state index in [0.717, 1.165) is 19.3 Å². The lowest BCUT2D eigenvalue weighted by molar-refractivity contribution is 0.139. The smallest absolute Gasteiger partial charge is 0.214 e. The zero-order valence-electron chi connectivity index (χ0n) is 11.1. The molecule has 1 aliphatic rings. The van der Waals surface area contributed by atoms with Crippen LogP contribution in [0.25, 0.3) is 0 Å². The molecule has 0 aliphatic carbocycles. The number of nitrogens with zero attached hydrogens (tertiary/aromatic N) is 1. The molecule has 0 spiro atoms. The first-order valence-corrected chi connectivity index (χ1v) is 8.12. The van der Waals surface area contributed by atoms with Gasteiger partial charge in [0, 0.05) is 19.2 Å². The second-order valence-corrected chi connectivity index (χ2v) is 7.30. The molecule has 5 heteroatoms. The number of hydrogen-bond acceptors (Lipinski definition) is 3. The van der Waals surface area contributed by atoms with Gasteiger partial charge < -0.3 is 5.11 Å². The average Bonchev–Trinajstić information content (AvgIpc) is 2.28. The minimum atomic E-state index is -3.16. The fourth-order valence-corrected chi connectivity index (χ4v) is 4.49. The zero-order chi connectivity index (χ0) is 13.1. The molecule has 102 valence electrons. The van der Waals surface area contributed by atoms with Gasteiger partial charge in [-0.2, -0.15) is 4.31 Å². The van der Waals surface area contributed by atoms with E-state index in [1.54, 1.807) is 4.31 Å². The summed E-state index contributed by atoms with van der Waals surface area (Å²) in [5.41, 5.74) is 0. The molecule has 0 aromatic rings. The molecule has 1 aliphatic heterocycles. The molecular weight excluding hydrogens is 238 g/mol. The number of aliphatic hydroxyl groups excluding tert-OH is 1. The second-order valence-electron chi connectivity index (χ2n) is 5.34. The Morgan fingerprint density at radius 1 is 1.41 bits per heavy atom. The highest BCUT2D eigenvalue weighted by Gasteiger charge is 2.33. The quantitative estimate of drug-likeness (QED) is 0.817. The van der Waals surface area contributed by atoms with Crippen LogP contribution in [-0.4, -0.2) is 42.8 Å². The first-order chi connectivity index (χ1) is 7.90. The van der Waals surface area contributed by atoms with Crippen molar-refractivity contribution in [1.82, 2.24) is 4.31 Å². The molecule has 3 atom stereocenters. The van der Waals surface area contributed by atoms with Crippen LogP contribution < -0.4 is 0 Å². The minimum Gasteiger partial charge on any atom is -0.396 e. The van der Waals surface area contributed by atoms with Crippen LogP contribution in [0.5, 0.6) is 0 Å². The Hall–Kier alpha value is -0.130. The molecule has 0 aromatic heterocycles. The Bertz CT molecular complexity index is 329. The predicted molar refractivity (Wildman–Crippen MR) is 69.2 cm³/mol. The molecule has 0 radical (unpaired) electrons. The summed E-state index contributed by atoms with van der Waals surface area (Å²) in [4.78, 5) is 0. The van der Waals surface area contributed by atoms with Crippen LogP contribution in [0.3, 0.4) is 0 Å². The van der Waals surface area contributed by atoms with E-state index in [1.165, 1.54) is 0 Å². The fourth-order valence-electron chi connectivity index (χ4n) is 2.26. The van der Waals surface area contributed by atoms with Gasteiger partial charge in [-0.05, 0) is 31.6 Å². The predicted octanol–water partition coefficient (Wildman–Crippen LogP) is 1.46. The van der Waals surface area contributed by atoms with Crippen LogP contribution in [0, 0.1) is 11.8 Å². The van der Waals surface area contributed by atoms with E-state index in [0.29, 0.717) is 6.54 Å². The molecule has 0 bridgehead atoms. The highest BCUT2D eigenvalue weighted by atomic mass is 32.2. The van der Waals surface area contributed by atoms with Crippen LogP contribution in [0.4, 0.5) is 0 Å². The monoisotopic (exact) mass is 263 g/mol. The maximum absolute atomic E-state index is 12.3. The maximum Gasteiger partial charge on any atom is 0.214 e. The lowest BCUT2D eigenvalue weighted by Crippen LogP contribution is -2.47.